The van der Waals surface area contributed by atoms with Crippen LogP contribution in [0.1, 0.15) is 5.56 Å². The Morgan fingerprint density at radius 3 is 2.84 bits per heavy atom. The summed E-state index contributed by atoms with van der Waals surface area (Å²) in [5.41, 5.74) is 6.10. The van der Waals surface area contributed by atoms with E-state index in [0.29, 0.717) is 14.8 Å². The lowest BCUT2D eigenvalue weighted by Gasteiger charge is -2.09. The molecule has 6 nitrogen and oxygen atoms in total. The SMILES string of the molecule is NCc1cn[nH]c1S(=O)(=O)Nc1ccc(F)cc1I. The van der Waals surface area contributed by atoms with E-state index in [4.69, 9.17) is 5.73 Å². The third-order valence-corrected chi connectivity index (χ3v) is 4.61. The quantitative estimate of drug-likeness (QED) is 0.681. The van der Waals surface area contributed by atoms with Crippen molar-refractivity contribution in [3.8, 4) is 0 Å². The van der Waals surface area contributed by atoms with Crippen LogP contribution in [-0.2, 0) is 16.6 Å². The predicted molar refractivity (Wildman–Crippen MR) is 76.4 cm³/mol. The van der Waals surface area contributed by atoms with E-state index in [1.54, 1.807) is 0 Å². The van der Waals surface area contributed by atoms with Gasteiger partial charge in [0.15, 0.2) is 5.03 Å². The summed E-state index contributed by atoms with van der Waals surface area (Å²) < 4.78 is 40.1. The minimum atomic E-state index is -3.82. The van der Waals surface area contributed by atoms with Gasteiger partial charge in [-0.2, -0.15) is 13.5 Å². The largest absolute Gasteiger partial charge is 0.326 e. The molecule has 0 amide bonds. The molecule has 0 spiro atoms. The molecule has 9 heteroatoms. The van der Waals surface area contributed by atoms with Crippen LogP contribution in [0.5, 0.6) is 0 Å². The fourth-order valence-electron chi connectivity index (χ4n) is 1.45. The van der Waals surface area contributed by atoms with Gasteiger partial charge in [-0.1, -0.05) is 0 Å². The van der Waals surface area contributed by atoms with Gasteiger partial charge >= 0.3 is 0 Å². The van der Waals surface area contributed by atoms with Crippen LogP contribution in [0.25, 0.3) is 0 Å². The molecule has 0 bridgehead atoms. The molecule has 0 aliphatic carbocycles. The van der Waals surface area contributed by atoms with E-state index >= 15 is 0 Å². The second-order valence-electron chi connectivity index (χ2n) is 3.66. The van der Waals surface area contributed by atoms with E-state index in [0.717, 1.165) is 0 Å². The van der Waals surface area contributed by atoms with Crippen LogP contribution >= 0.6 is 22.6 Å². The van der Waals surface area contributed by atoms with Gasteiger partial charge in [-0.05, 0) is 40.8 Å². The Morgan fingerprint density at radius 2 is 2.21 bits per heavy atom. The first-order valence-corrected chi connectivity index (χ1v) is 7.70. The number of benzene rings is 1. The highest BCUT2D eigenvalue weighted by Crippen LogP contribution is 2.23. The van der Waals surface area contributed by atoms with E-state index in [9.17, 15) is 12.8 Å². The number of halogens is 2. The number of hydrogen-bond donors (Lipinski definition) is 3. The van der Waals surface area contributed by atoms with Crippen molar-refractivity contribution in [3.05, 3.63) is 39.3 Å². The van der Waals surface area contributed by atoms with Gasteiger partial charge < -0.3 is 5.73 Å². The molecule has 4 N–H and O–H groups in total. The van der Waals surface area contributed by atoms with Gasteiger partial charge in [0.1, 0.15) is 5.82 Å². The van der Waals surface area contributed by atoms with E-state index in [2.05, 4.69) is 14.9 Å². The number of rotatable bonds is 4. The number of H-pyrrole nitrogens is 1. The molecule has 0 atom stereocenters. The Kier molecular flexibility index (Phi) is 4.06. The Balaban J connectivity index is 2.37. The van der Waals surface area contributed by atoms with Gasteiger partial charge in [0.05, 0.1) is 11.9 Å². The molecule has 0 aliphatic heterocycles. The maximum Gasteiger partial charge on any atom is 0.279 e. The number of aromatic nitrogens is 2. The van der Waals surface area contributed by atoms with Gasteiger partial charge in [0, 0.05) is 15.7 Å². The zero-order chi connectivity index (χ0) is 14.0. The van der Waals surface area contributed by atoms with E-state index in [-0.39, 0.29) is 11.6 Å². The van der Waals surface area contributed by atoms with Crippen molar-refractivity contribution in [1.29, 1.82) is 0 Å². The summed E-state index contributed by atoms with van der Waals surface area (Å²) in [6.07, 6.45) is 1.35. The molecule has 2 aromatic rings. The van der Waals surface area contributed by atoms with Gasteiger partial charge in [-0.25, -0.2) is 4.39 Å². The van der Waals surface area contributed by atoms with Crippen LogP contribution in [0.3, 0.4) is 0 Å². The van der Waals surface area contributed by atoms with Crippen LogP contribution in [0.4, 0.5) is 10.1 Å². The fraction of sp³-hybridized carbons (Fsp3) is 0.100. The van der Waals surface area contributed by atoms with Gasteiger partial charge in [0.25, 0.3) is 10.0 Å². The van der Waals surface area contributed by atoms with Gasteiger partial charge in [0.2, 0.25) is 0 Å². The third kappa shape index (κ3) is 3.04. The first-order chi connectivity index (χ1) is 8.94. The number of nitrogens with zero attached hydrogens (tertiary/aromatic N) is 1. The summed E-state index contributed by atoms with van der Waals surface area (Å²) in [6.45, 7) is 0.0489. The lowest BCUT2D eigenvalue weighted by Crippen LogP contribution is -2.17. The molecule has 1 aromatic carbocycles. The summed E-state index contributed by atoms with van der Waals surface area (Å²) in [7, 11) is -3.82. The summed E-state index contributed by atoms with van der Waals surface area (Å²) >= 11 is 1.84. The summed E-state index contributed by atoms with van der Waals surface area (Å²) in [6, 6.07) is 3.76. The molecule has 0 fully saturated rings. The zero-order valence-electron chi connectivity index (χ0n) is 9.52. The maximum atomic E-state index is 13.0. The zero-order valence-corrected chi connectivity index (χ0v) is 12.5. The highest BCUT2D eigenvalue weighted by atomic mass is 127. The molecule has 102 valence electrons. The molecule has 1 heterocycles. The molecule has 19 heavy (non-hydrogen) atoms. The number of nitrogens with one attached hydrogen (secondary N) is 2. The standard InChI is InChI=1S/C10H10FIN4O2S/c11-7-1-2-9(8(12)3-7)16-19(17,18)10-6(4-13)5-14-15-10/h1-3,5,16H,4,13H2,(H,14,15). The number of aromatic amines is 1. The van der Waals surface area contributed by atoms with Crippen molar-refractivity contribution in [2.24, 2.45) is 5.73 Å². The Bertz CT molecular complexity index is 701. The van der Waals surface area contributed by atoms with Crippen molar-refractivity contribution in [2.45, 2.75) is 11.6 Å². The summed E-state index contributed by atoms with van der Waals surface area (Å²) in [5, 5.41) is 5.95. The minimum absolute atomic E-state index is 0.0489. The van der Waals surface area contributed by atoms with Gasteiger partial charge in [-0.3, -0.25) is 9.82 Å². The molecule has 1 aromatic heterocycles. The Labute approximate surface area is 122 Å². The Hall–Kier alpha value is -1.20. The van der Waals surface area contributed by atoms with Crippen LogP contribution < -0.4 is 10.5 Å². The first kappa shape index (κ1) is 14.2. The number of nitrogens with two attached hydrogens (primary N) is 1. The molecule has 0 radical (unpaired) electrons. The molecular weight excluding hydrogens is 386 g/mol. The number of sulfonamides is 1. The lowest BCUT2D eigenvalue weighted by atomic mass is 10.3. The third-order valence-electron chi connectivity index (χ3n) is 2.34. The second kappa shape index (κ2) is 5.43. The Morgan fingerprint density at radius 1 is 1.47 bits per heavy atom. The average Bonchev–Trinajstić information content (AvgIpc) is 2.82. The molecular formula is C10H10FIN4O2S. The molecule has 0 unspecified atom stereocenters. The normalized spacial score (nSPS) is 11.5. The first-order valence-electron chi connectivity index (χ1n) is 5.14. The monoisotopic (exact) mass is 396 g/mol. The molecule has 0 saturated carbocycles. The van der Waals surface area contributed by atoms with E-state index in [1.807, 2.05) is 22.6 Å². The highest BCUT2D eigenvalue weighted by Gasteiger charge is 2.21. The smallest absolute Gasteiger partial charge is 0.279 e. The molecule has 0 aliphatic rings. The van der Waals surface area contributed by atoms with Gasteiger partial charge in [-0.15, -0.1) is 0 Å². The van der Waals surface area contributed by atoms with Crippen molar-refractivity contribution >= 4 is 38.3 Å². The lowest BCUT2D eigenvalue weighted by molar-refractivity contribution is 0.595. The average molecular weight is 396 g/mol. The minimum Gasteiger partial charge on any atom is -0.326 e. The van der Waals surface area contributed by atoms with E-state index in [1.165, 1.54) is 24.4 Å². The van der Waals surface area contributed by atoms with Crippen molar-refractivity contribution in [3.63, 3.8) is 0 Å². The number of hydrogen-bond acceptors (Lipinski definition) is 4. The maximum absolute atomic E-state index is 13.0. The van der Waals surface area contributed by atoms with Crippen LogP contribution in [0.15, 0.2) is 29.4 Å². The van der Waals surface area contributed by atoms with Crippen LogP contribution in [-0.4, -0.2) is 18.6 Å². The van der Waals surface area contributed by atoms with Crippen molar-refractivity contribution < 1.29 is 12.8 Å². The molecule has 2 rings (SSSR count). The predicted octanol–water partition coefficient (Wildman–Crippen LogP) is 1.41. The highest BCUT2D eigenvalue weighted by molar-refractivity contribution is 14.1. The van der Waals surface area contributed by atoms with Crippen LogP contribution in [0.2, 0.25) is 0 Å². The summed E-state index contributed by atoms with van der Waals surface area (Å²) in [4.78, 5) is 0. The number of anilines is 1. The molecule has 0 saturated heterocycles. The fourth-order valence-corrected chi connectivity index (χ4v) is 3.46. The second-order valence-corrected chi connectivity index (χ2v) is 6.44. The summed E-state index contributed by atoms with van der Waals surface area (Å²) in [5.74, 6) is -0.434. The topological polar surface area (TPSA) is 101 Å². The van der Waals surface area contributed by atoms with Crippen molar-refractivity contribution in [2.75, 3.05) is 4.72 Å². The van der Waals surface area contributed by atoms with E-state index < -0.39 is 15.8 Å². The van der Waals surface area contributed by atoms with Crippen LogP contribution in [0, 0.1) is 9.39 Å². The van der Waals surface area contributed by atoms with Crippen molar-refractivity contribution in [1.82, 2.24) is 10.2 Å².